The molecule has 2 heterocycles. The Balaban J connectivity index is 1.73. The maximum absolute atomic E-state index is 12.0. The average molecular weight is 282 g/mol. The molecule has 0 unspecified atom stereocenters. The average Bonchev–Trinajstić information content (AvgIpc) is 3.08. The SMILES string of the molecule is N#Cc1cccc(C(=O)NCc2csc3nccn23)c1. The smallest absolute Gasteiger partial charge is 0.251 e. The summed E-state index contributed by atoms with van der Waals surface area (Å²) in [7, 11) is 0. The highest BCUT2D eigenvalue weighted by Gasteiger charge is 2.08. The first-order chi connectivity index (χ1) is 9.78. The van der Waals surface area contributed by atoms with E-state index >= 15 is 0 Å². The van der Waals surface area contributed by atoms with Gasteiger partial charge in [-0.1, -0.05) is 6.07 Å². The summed E-state index contributed by atoms with van der Waals surface area (Å²) in [5.74, 6) is -0.193. The monoisotopic (exact) mass is 282 g/mol. The number of imidazole rings is 1. The Hall–Kier alpha value is -2.65. The van der Waals surface area contributed by atoms with Crippen LogP contribution in [0.4, 0.5) is 0 Å². The normalized spacial score (nSPS) is 10.3. The molecular formula is C14H10N4OS. The molecule has 1 N–H and O–H groups in total. The summed E-state index contributed by atoms with van der Waals surface area (Å²) in [6.45, 7) is 0.423. The van der Waals surface area contributed by atoms with E-state index < -0.39 is 0 Å². The lowest BCUT2D eigenvalue weighted by atomic mass is 10.1. The van der Waals surface area contributed by atoms with E-state index in [2.05, 4.69) is 10.3 Å². The van der Waals surface area contributed by atoms with E-state index in [0.717, 1.165) is 10.7 Å². The Bertz CT molecular complexity index is 812. The fourth-order valence-corrected chi connectivity index (χ4v) is 2.75. The van der Waals surface area contributed by atoms with Crippen LogP contribution in [0.5, 0.6) is 0 Å². The number of carbonyl (C=O) groups excluding carboxylic acids is 1. The summed E-state index contributed by atoms with van der Waals surface area (Å²) in [5, 5.41) is 13.6. The number of hydrogen-bond donors (Lipinski definition) is 1. The van der Waals surface area contributed by atoms with Crippen molar-refractivity contribution in [1.29, 1.82) is 5.26 Å². The van der Waals surface area contributed by atoms with Crippen molar-refractivity contribution in [1.82, 2.24) is 14.7 Å². The standard InChI is InChI=1S/C14H10N4OS/c15-7-10-2-1-3-11(6-10)13(19)17-8-12-9-20-14-16-4-5-18(12)14/h1-6,9H,8H2,(H,17,19). The molecule has 0 saturated heterocycles. The first-order valence-electron chi connectivity index (χ1n) is 5.96. The summed E-state index contributed by atoms with van der Waals surface area (Å²) in [4.78, 5) is 17.1. The predicted octanol–water partition coefficient (Wildman–Crippen LogP) is 2.20. The van der Waals surface area contributed by atoms with Gasteiger partial charge in [0, 0.05) is 23.3 Å². The molecule has 0 bridgehead atoms. The summed E-state index contributed by atoms with van der Waals surface area (Å²) in [5.41, 5.74) is 1.94. The summed E-state index contributed by atoms with van der Waals surface area (Å²) >= 11 is 1.53. The zero-order valence-corrected chi connectivity index (χ0v) is 11.2. The summed E-state index contributed by atoms with van der Waals surface area (Å²) in [6, 6.07) is 8.66. The third-order valence-corrected chi connectivity index (χ3v) is 3.80. The van der Waals surface area contributed by atoms with Crippen LogP contribution in [0.1, 0.15) is 21.6 Å². The molecule has 0 spiro atoms. The highest BCUT2D eigenvalue weighted by molar-refractivity contribution is 7.15. The molecule has 0 radical (unpaired) electrons. The van der Waals surface area contributed by atoms with Gasteiger partial charge in [-0.15, -0.1) is 11.3 Å². The van der Waals surface area contributed by atoms with Gasteiger partial charge in [-0.3, -0.25) is 9.20 Å². The number of benzene rings is 1. The topological polar surface area (TPSA) is 70.2 Å². The van der Waals surface area contributed by atoms with Crippen molar-refractivity contribution in [2.45, 2.75) is 6.54 Å². The van der Waals surface area contributed by atoms with Crippen molar-refractivity contribution in [3.8, 4) is 6.07 Å². The molecule has 1 amide bonds. The maximum atomic E-state index is 12.0. The van der Waals surface area contributed by atoms with Crippen molar-refractivity contribution >= 4 is 22.2 Å². The molecule has 98 valence electrons. The fourth-order valence-electron chi connectivity index (χ4n) is 1.90. The van der Waals surface area contributed by atoms with Gasteiger partial charge in [-0.25, -0.2) is 4.98 Å². The number of fused-ring (bicyclic) bond motifs is 1. The van der Waals surface area contributed by atoms with Crippen molar-refractivity contribution in [3.05, 3.63) is 58.9 Å². The van der Waals surface area contributed by atoms with Crippen LogP contribution in [-0.4, -0.2) is 15.3 Å². The van der Waals surface area contributed by atoms with Crippen molar-refractivity contribution < 1.29 is 4.79 Å². The Morgan fingerprint density at radius 2 is 2.40 bits per heavy atom. The Labute approximate surface area is 119 Å². The number of rotatable bonds is 3. The lowest BCUT2D eigenvalue weighted by Crippen LogP contribution is -2.23. The minimum absolute atomic E-state index is 0.193. The van der Waals surface area contributed by atoms with Crippen LogP contribution < -0.4 is 5.32 Å². The van der Waals surface area contributed by atoms with Gasteiger partial charge < -0.3 is 5.32 Å². The molecule has 0 aliphatic rings. The second kappa shape index (κ2) is 5.15. The van der Waals surface area contributed by atoms with Gasteiger partial charge >= 0.3 is 0 Å². The number of nitrogens with zero attached hydrogens (tertiary/aromatic N) is 3. The number of nitriles is 1. The first kappa shape index (κ1) is 12.4. The maximum Gasteiger partial charge on any atom is 0.251 e. The van der Waals surface area contributed by atoms with Crippen LogP contribution in [-0.2, 0) is 6.54 Å². The quantitative estimate of drug-likeness (QED) is 0.800. The lowest BCUT2D eigenvalue weighted by Gasteiger charge is -2.04. The summed E-state index contributed by atoms with van der Waals surface area (Å²) in [6.07, 6.45) is 3.59. The van der Waals surface area contributed by atoms with Crippen LogP contribution in [0.15, 0.2) is 42.0 Å². The van der Waals surface area contributed by atoms with E-state index in [0.29, 0.717) is 17.7 Å². The van der Waals surface area contributed by atoms with Crippen LogP contribution in [0, 0.1) is 11.3 Å². The minimum atomic E-state index is -0.193. The molecule has 3 aromatic rings. The molecule has 0 atom stereocenters. The van der Waals surface area contributed by atoms with E-state index in [9.17, 15) is 4.79 Å². The van der Waals surface area contributed by atoms with Crippen molar-refractivity contribution in [3.63, 3.8) is 0 Å². The van der Waals surface area contributed by atoms with Gasteiger partial charge in [0.2, 0.25) is 0 Å². The van der Waals surface area contributed by atoms with E-state index in [-0.39, 0.29) is 5.91 Å². The third-order valence-electron chi connectivity index (χ3n) is 2.90. The van der Waals surface area contributed by atoms with Gasteiger partial charge in [-0.2, -0.15) is 5.26 Å². The van der Waals surface area contributed by atoms with Gasteiger partial charge in [0.05, 0.1) is 23.9 Å². The number of nitrogens with one attached hydrogen (secondary N) is 1. The van der Waals surface area contributed by atoms with E-state index in [1.165, 1.54) is 11.3 Å². The van der Waals surface area contributed by atoms with E-state index in [4.69, 9.17) is 5.26 Å². The Kier molecular flexibility index (Phi) is 3.19. The molecule has 0 saturated carbocycles. The van der Waals surface area contributed by atoms with Crippen molar-refractivity contribution in [2.24, 2.45) is 0 Å². The van der Waals surface area contributed by atoms with Gasteiger partial charge in [0.15, 0.2) is 4.96 Å². The molecule has 0 fully saturated rings. The molecule has 5 nitrogen and oxygen atoms in total. The fraction of sp³-hybridized carbons (Fsp3) is 0.0714. The van der Waals surface area contributed by atoms with Crippen LogP contribution in [0.3, 0.4) is 0 Å². The molecule has 3 rings (SSSR count). The molecule has 20 heavy (non-hydrogen) atoms. The van der Waals surface area contributed by atoms with Crippen LogP contribution in [0.2, 0.25) is 0 Å². The molecule has 0 aliphatic heterocycles. The third kappa shape index (κ3) is 2.27. The number of carbonyl (C=O) groups is 1. The molecule has 2 aromatic heterocycles. The summed E-state index contributed by atoms with van der Waals surface area (Å²) < 4.78 is 1.94. The van der Waals surface area contributed by atoms with Crippen LogP contribution >= 0.6 is 11.3 Å². The lowest BCUT2D eigenvalue weighted by molar-refractivity contribution is 0.0950. The Morgan fingerprint density at radius 1 is 1.50 bits per heavy atom. The van der Waals surface area contributed by atoms with E-state index in [1.54, 1.807) is 30.5 Å². The highest BCUT2D eigenvalue weighted by atomic mass is 32.1. The zero-order valence-electron chi connectivity index (χ0n) is 10.4. The predicted molar refractivity (Wildman–Crippen MR) is 75.4 cm³/mol. The number of aromatic nitrogens is 2. The first-order valence-corrected chi connectivity index (χ1v) is 6.83. The molecular weight excluding hydrogens is 272 g/mol. The van der Waals surface area contributed by atoms with E-state index in [1.807, 2.05) is 22.0 Å². The number of amides is 1. The van der Waals surface area contributed by atoms with Gasteiger partial charge in [0.25, 0.3) is 5.91 Å². The number of hydrogen-bond acceptors (Lipinski definition) is 4. The Morgan fingerprint density at radius 3 is 3.25 bits per heavy atom. The number of thiazole rings is 1. The molecule has 1 aromatic carbocycles. The minimum Gasteiger partial charge on any atom is -0.346 e. The molecule has 0 aliphatic carbocycles. The molecule has 6 heteroatoms. The second-order valence-corrected chi connectivity index (χ2v) is 5.02. The van der Waals surface area contributed by atoms with Crippen LogP contribution in [0.25, 0.3) is 4.96 Å². The van der Waals surface area contributed by atoms with Crippen molar-refractivity contribution in [2.75, 3.05) is 0 Å². The van der Waals surface area contributed by atoms with Gasteiger partial charge in [0.1, 0.15) is 0 Å². The zero-order chi connectivity index (χ0) is 13.9. The van der Waals surface area contributed by atoms with Gasteiger partial charge in [-0.05, 0) is 18.2 Å². The highest BCUT2D eigenvalue weighted by Crippen LogP contribution is 2.14. The largest absolute Gasteiger partial charge is 0.346 e. The second-order valence-electron chi connectivity index (χ2n) is 4.18.